The van der Waals surface area contributed by atoms with E-state index in [1.165, 1.54) is 18.4 Å². The summed E-state index contributed by atoms with van der Waals surface area (Å²) in [5.74, 6) is 3.07. The van der Waals surface area contributed by atoms with E-state index < -0.39 is 0 Å². The van der Waals surface area contributed by atoms with E-state index in [1.807, 2.05) is 12.4 Å². The molecule has 1 aromatic rings. The van der Waals surface area contributed by atoms with Gasteiger partial charge in [0, 0.05) is 6.20 Å². The van der Waals surface area contributed by atoms with Gasteiger partial charge in [0.05, 0.1) is 12.8 Å². The summed E-state index contributed by atoms with van der Waals surface area (Å²) in [4.78, 5) is 4.34. The normalized spacial score (nSPS) is 21.8. The molecule has 1 heterocycles. The third kappa shape index (κ3) is 4.20. The van der Waals surface area contributed by atoms with Crippen LogP contribution in [0.2, 0.25) is 0 Å². The number of rotatable bonds is 8. The lowest BCUT2D eigenvalue weighted by molar-refractivity contribution is 0.241. The first-order chi connectivity index (χ1) is 9.70. The molecule has 0 spiro atoms. The van der Waals surface area contributed by atoms with Crippen molar-refractivity contribution in [2.45, 2.75) is 46.0 Å². The van der Waals surface area contributed by atoms with Crippen molar-refractivity contribution in [1.29, 1.82) is 0 Å². The van der Waals surface area contributed by atoms with E-state index >= 15 is 0 Å². The topological polar surface area (TPSA) is 34.1 Å². The standard InChI is InChI=1S/C17H28N2O/c1-4-7-20-16-8-15(11-19-12-16)17-6-5-14(17)10-18-9-13(2)3/h8,11-14,17-18H,4-7,9-10H2,1-3H3. The molecule has 2 rings (SSSR count). The zero-order valence-corrected chi connectivity index (χ0v) is 13.1. The van der Waals surface area contributed by atoms with E-state index in [-0.39, 0.29) is 0 Å². The Morgan fingerprint density at radius 3 is 2.85 bits per heavy atom. The van der Waals surface area contributed by atoms with E-state index in [2.05, 4.69) is 37.1 Å². The van der Waals surface area contributed by atoms with Crippen LogP contribution < -0.4 is 10.1 Å². The molecule has 3 heteroatoms. The Kier molecular flexibility index (Phi) is 5.84. The van der Waals surface area contributed by atoms with Crippen molar-refractivity contribution < 1.29 is 4.74 Å². The fourth-order valence-electron chi connectivity index (χ4n) is 2.75. The first-order valence-corrected chi connectivity index (χ1v) is 7.99. The van der Waals surface area contributed by atoms with Gasteiger partial charge < -0.3 is 10.1 Å². The van der Waals surface area contributed by atoms with Crippen LogP contribution in [0.5, 0.6) is 5.75 Å². The predicted molar refractivity (Wildman–Crippen MR) is 83.2 cm³/mol. The summed E-state index contributed by atoms with van der Waals surface area (Å²) in [6.45, 7) is 9.65. The minimum Gasteiger partial charge on any atom is -0.492 e. The molecule has 1 aliphatic rings. The van der Waals surface area contributed by atoms with Gasteiger partial charge in [-0.15, -0.1) is 0 Å². The number of nitrogens with one attached hydrogen (secondary N) is 1. The van der Waals surface area contributed by atoms with Crippen molar-refractivity contribution in [3.8, 4) is 5.75 Å². The highest BCUT2D eigenvalue weighted by molar-refractivity contribution is 5.28. The summed E-state index contributed by atoms with van der Waals surface area (Å²) in [6, 6.07) is 2.18. The highest BCUT2D eigenvalue weighted by Crippen LogP contribution is 2.42. The lowest BCUT2D eigenvalue weighted by Crippen LogP contribution is -2.35. The first kappa shape index (κ1) is 15.3. The molecule has 0 aromatic carbocycles. The van der Waals surface area contributed by atoms with Gasteiger partial charge in [0.25, 0.3) is 0 Å². The number of aromatic nitrogens is 1. The maximum absolute atomic E-state index is 5.68. The van der Waals surface area contributed by atoms with E-state index in [0.29, 0.717) is 5.92 Å². The third-order valence-corrected chi connectivity index (χ3v) is 4.01. The maximum Gasteiger partial charge on any atom is 0.137 e. The number of ether oxygens (including phenoxy) is 1. The van der Waals surface area contributed by atoms with Gasteiger partial charge >= 0.3 is 0 Å². The lowest BCUT2D eigenvalue weighted by atomic mass is 9.70. The minimum absolute atomic E-state index is 0.660. The summed E-state index contributed by atoms with van der Waals surface area (Å²) < 4.78 is 5.68. The molecule has 112 valence electrons. The molecule has 0 amide bonds. The molecule has 1 aromatic heterocycles. The monoisotopic (exact) mass is 276 g/mol. The summed E-state index contributed by atoms with van der Waals surface area (Å²) in [6.07, 6.45) is 7.49. The van der Waals surface area contributed by atoms with Gasteiger partial charge in [-0.25, -0.2) is 0 Å². The molecule has 1 saturated carbocycles. The minimum atomic E-state index is 0.660. The average Bonchev–Trinajstić information content (AvgIpc) is 2.40. The predicted octanol–water partition coefficient (Wildman–Crippen LogP) is 3.61. The SMILES string of the molecule is CCCOc1cncc(C2CCC2CNCC(C)C)c1. The van der Waals surface area contributed by atoms with Gasteiger partial charge in [-0.2, -0.15) is 0 Å². The van der Waals surface area contributed by atoms with Gasteiger partial charge in [0.1, 0.15) is 5.75 Å². The van der Waals surface area contributed by atoms with Gasteiger partial charge in [-0.3, -0.25) is 4.98 Å². The van der Waals surface area contributed by atoms with Crippen LogP contribution in [-0.2, 0) is 0 Å². The molecule has 2 unspecified atom stereocenters. The highest BCUT2D eigenvalue weighted by Gasteiger charge is 2.32. The summed E-state index contributed by atoms with van der Waals surface area (Å²) in [7, 11) is 0. The fraction of sp³-hybridized carbons (Fsp3) is 0.706. The molecule has 3 nitrogen and oxygen atoms in total. The van der Waals surface area contributed by atoms with Crippen LogP contribution in [0.4, 0.5) is 0 Å². The number of pyridine rings is 1. The first-order valence-electron chi connectivity index (χ1n) is 7.99. The van der Waals surface area contributed by atoms with E-state index in [4.69, 9.17) is 4.74 Å². The average molecular weight is 276 g/mol. The molecule has 1 N–H and O–H groups in total. The van der Waals surface area contributed by atoms with Crippen molar-refractivity contribution >= 4 is 0 Å². The zero-order chi connectivity index (χ0) is 14.4. The van der Waals surface area contributed by atoms with Crippen molar-refractivity contribution in [2.24, 2.45) is 11.8 Å². The van der Waals surface area contributed by atoms with Crippen LogP contribution in [0.1, 0.15) is 51.5 Å². The van der Waals surface area contributed by atoms with E-state index in [0.717, 1.165) is 43.7 Å². The Bertz CT molecular complexity index is 406. The van der Waals surface area contributed by atoms with Crippen molar-refractivity contribution in [1.82, 2.24) is 10.3 Å². The van der Waals surface area contributed by atoms with Crippen LogP contribution >= 0.6 is 0 Å². The molecule has 2 atom stereocenters. The Hall–Kier alpha value is -1.09. The summed E-state index contributed by atoms with van der Waals surface area (Å²) in [5, 5.41) is 3.58. The third-order valence-electron chi connectivity index (χ3n) is 4.01. The van der Waals surface area contributed by atoms with Crippen LogP contribution in [0.25, 0.3) is 0 Å². The zero-order valence-electron chi connectivity index (χ0n) is 13.1. The Balaban J connectivity index is 1.87. The van der Waals surface area contributed by atoms with Crippen molar-refractivity contribution in [2.75, 3.05) is 19.7 Å². The maximum atomic E-state index is 5.68. The summed E-state index contributed by atoms with van der Waals surface area (Å²) >= 11 is 0. The van der Waals surface area contributed by atoms with Gasteiger partial charge in [-0.05, 0) is 61.7 Å². The van der Waals surface area contributed by atoms with Crippen molar-refractivity contribution in [3.63, 3.8) is 0 Å². The molecule has 1 fully saturated rings. The van der Waals surface area contributed by atoms with Gasteiger partial charge in [0.15, 0.2) is 0 Å². The van der Waals surface area contributed by atoms with Crippen LogP contribution in [-0.4, -0.2) is 24.7 Å². The molecular weight excluding hydrogens is 248 g/mol. The Morgan fingerprint density at radius 2 is 2.20 bits per heavy atom. The lowest BCUT2D eigenvalue weighted by Gasteiger charge is -2.37. The van der Waals surface area contributed by atoms with Crippen LogP contribution in [0.3, 0.4) is 0 Å². The second kappa shape index (κ2) is 7.63. The Labute approximate surface area is 123 Å². The molecule has 20 heavy (non-hydrogen) atoms. The fourth-order valence-corrected chi connectivity index (χ4v) is 2.75. The number of hydrogen-bond donors (Lipinski definition) is 1. The number of nitrogens with zero attached hydrogens (tertiary/aromatic N) is 1. The largest absolute Gasteiger partial charge is 0.492 e. The molecule has 0 aliphatic heterocycles. The smallest absolute Gasteiger partial charge is 0.137 e. The van der Waals surface area contributed by atoms with Gasteiger partial charge in [0.2, 0.25) is 0 Å². The van der Waals surface area contributed by atoms with Crippen molar-refractivity contribution in [3.05, 3.63) is 24.0 Å². The molecule has 0 bridgehead atoms. The second-order valence-corrected chi connectivity index (χ2v) is 6.30. The van der Waals surface area contributed by atoms with Gasteiger partial charge in [-0.1, -0.05) is 20.8 Å². The second-order valence-electron chi connectivity index (χ2n) is 6.30. The Morgan fingerprint density at radius 1 is 1.35 bits per heavy atom. The van der Waals surface area contributed by atoms with Crippen LogP contribution in [0, 0.1) is 11.8 Å². The number of hydrogen-bond acceptors (Lipinski definition) is 3. The van der Waals surface area contributed by atoms with Crippen LogP contribution in [0.15, 0.2) is 18.5 Å². The molecular formula is C17H28N2O. The van der Waals surface area contributed by atoms with E-state index in [9.17, 15) is 0 Å². The quantitative estimate of drug-likeness (QED) is 0.787. The summed E-state index contributed by atoms with van der Waals surface area (Å²) in [5.41, 5.74) is 1.35. The molecule has 0 radical (unpaired) electrons. The van der Waals surface area contributed by atoms with E-state index in [1.54, 1.807) is 0 Å². The highest BCUT2D eigenvalue weighted by atomic mass is 16.5. The molecule has 0 saturated heterocycles. The molecule has 1 aliphatic carbocycles.